The van der Waals surface area contributed by atoms with Gasteiger partial charge in [0.25, 0.3) is 0 Å². The van der Waals surface area contributed by atoms with E-state index in [9.17, 15) is 9.59 Å². The van der Waals surface area contributed by atoms with Crippen molar-refractivity contribution in [1.29, 1.82) is 0 Å². The normalized spacial score (nSPS) is 16.1. The number of carbonyl (C=O) groups excluding carboxylic acids is 2. The monoisotopic (exact) mass is 432 g/mol. The second-order valence-electron chi connectivity index (χ2n) is 8.37. The predicted octanol–water partition coefficient (Wildman–Crippen LogP) is 2.14. The van der Waals surface area contributed by atoms with E-state index in [1.807, 2.05) is 29.2 Å². The zero-order valence-corrected chi connectivity index (χ0v) is 17.7. The number of nitrogens with zero attached hydrogens (tertiary/aromatic N) is 6. The number of carbonyl (C=O) groups is 2. The second kappa shape index (κ2) is 8.86. The Morgan fingerprint density at radius 1 is 1.16 bits per heavy atom. The number of likely N-dealkylation sites (tertiary alicyclic amines) is 1. The number of benzene rings is 1. The molecule has 0 spiro atoms. The lowest BCUT2D eigenvalue weighted by Crippen LogP contribution is -2.39. The molecule has 9 nitrogen and oxygen atoms in total. The van der Waals surface area contributed by atoms with E-state index < -0.39 is 0 Å². The van der Waals surface area contributed by atoms with Crippen LogP contribution in [0.5, 0.6) is 0 Å². The van der Waals surface area contributed by atoms with Crippen LogP contribution in [0.15, 0.2) is 42.9 Å². The number of amides is 1. The summed E-state index contributed by atoms with van der Waals surface area (Å²) in [6, 6.07) is 9.71. The van der Waals surface area contributed by atoms with Crippen LogP contribution in [0, 0.1) is 5.92 Å². The maximum absolute atomic E-state index is 12.7. The minimum atomic E-state index is -0.220. The molecule has 164 valence electrons. The molecule has 0 aliphatic carbocycles. The Hall–Kier alpha value is -3.62. The molecule has 0 unspecified atom stereocenters. The van der Waals surface area contributed by atoms with Crippen molar-refractivity contribution in [3.63, 3.8) is 0 Å². The Kier molecular flexibility index (Phi) is 5.62. The molecule has 2 aliphatic heterocycles. The third-order valence-electron chi connectivity index (χ3n) is 6.31. The number of hydrogen-bond donors (Lipinski definition) is 0. The SMILES string of the molecule is O=C1OCc2cc(CCC3CCN(C(=O)Cc4ccc(-n5cnnn5)cn4)CC3)ccc21. The average molecular weight is 432 g/mol. The molecular formula is C23H24N6O3. The molecule has 9 heteroatoms. The van der Waals surface area contributed by atoms with Crippen molar-refractivity contribution in [3.05, 3.63) is 65.2 Å². The van der Waals surface area contributed by atoms with Crippen LogP contribution in [0.4, 0.5) is 0 Å². The predicted molar refractivity (Wildman–Crippen MR) is 114 cm³/mol. The van der Waals surface area contributed by atoms with Crippen molar-refractivity contribution in [3.8, 4) is 5.69 Å². The van der Waals surface area contributed by atoms with Crippen LogP contribution in [0.1, 0.15) is 46.4 Å². The lowest BCUT2D eigenvalue weighted by molar-refractivity contribution is -0.131. The van der Waals surface area contributed by atoms with Gasteiger partial charge in [-0.05, 0) is 65.8 Å². The minimum absolute atomic E-state index is 0.120. The van der Waals surface area contributed by atoms with Crippen molar-refractivity contribution in [2.24, 2.45) is 5.92 Å². The second-order valence-corrected chi connectivity index (χ2v) is 8.37. The molecule has 0 atom stereocenters. The molecule has 0 bridgehead atoms. The first-order valence-electron chi connectivity index (χ1n) is 10.9. The summed E-state index contributed by atoms with van der Waals surface area (Å²) in [6.45, 7) is 1.97. The molecule has 2 aromatic heterocycles. The molecule has 1 amide bonds. The fourth-order valence-electron chi connectivity index (χ4n) is 4.39. The van der Waals surface area contributed by atoms with Crippen LogP contribution < -0.4 is 0 Å². The van der Waals surface area contributed by atoms with Gasteiger partial charge in [0.1, 0.15) is 12.9 Å². The van der Waals surface area contributed by atoms with E-state index >= 15 is 0 Å². The quantitative estimate of drug-likeness (QED) is 0.550. The molecular weight excluding hydrogens is 408 g/mol. The van der Waals surface area contributed by atoms with Crippen molar-refractivity contribution < 1.29 is 14.3 Å². The molecule has 0 radical (unpaired) electrons. The number of hydrogen-bond acceptors (Lipinski definition) is 7. The third-order valence-corrected chi connectivity index (χ3v) is 6.31. The van der Waals surface area contributed by atoms with Crippen molar-refractivity contribution in [1.82, 2.24) is 30.1 Å². The van der Waals surface area contributed by atoms with Crippen molar-refractivity contribution in [2.75, 3.05) is 13.1 Å². The highest BCUT2D eigenvalue weighted by atomic mass is 16.5. The van der Waals surface area contributed by atoms with Gasteiger partial charge in [-0.1, -0.05) is 12.1 Å². The van der Waals surface area contributed by atoms with Gasteiger partial charge in [-0.15, -0.1) is 5.10 Å². The Morgan fingerprint density at radius 2 is 2.03 bits per heavy atom. The number of rotatable bonds is 6. The van der Waals surface area contributed by atoms with Crippen LogP contribution in [-0.2, 0) is 29.0 Å². The van der Waals surface area contributed by atoms with E-state index in [2.05, 4.69) is 26.6 Å². The maximum Gasteiger partial charge on any atom is 0.338 e. The summed E-state index contributed by atoms with van der Waals surface area (Å²) >= 11 is 0. The number of aromatic nitrogens is 5. The Bertz CT molecular complexity index is 1110. The smallest absolute Gasteiger partial charge is 0.338 e. The molecule has 2 aliphatic rings. The van der Waals surface area contributed by atoms with Gasteiger partial charge in [0, 0.05) is 24.3 Å². The fraction of sp³-hybridized carbons (Fsp3) is 0.391. The topological polar surface area (TPSA) is 103 Å². The van der Waals surface area contributed by atoms with E-state index in [-0.39, 0.29) is 11.9 Å². The van der Waals surface area contributed by atoms with Gasteiger partial charge in [0.05, 0.1) is 23.9 Å². The molecule has 32 heavy (non-hydrogen) atoms. The highest BCUT2D eigenvalue weighted by Crippen LogP contribution is 2.25. The summed E-state index contributed by atoms with van der Waals surface area (Å²) < 4.78 is 6.61. The summed E-state index contributed by atoms with van der Waals surface area (Å²) in [5.41, 5.74) is 4.44. The van der Waals surface area contributed by atoms with E-state index in [0.29, 0.717) is 24.5 Å². The molecule has 1 aromatic carbocycles. The van der Waals surface area contributed by atoms with Crippen LogP contribution in [0.3, 0.4) is 0 Å². The molecule has 1 saturated heterocycles. The molecule has 5 rings (SSSR count). The van der Waals surface area contributed by atoms with Crippen LogP contribution in [0.2, 0.25) is 0 Å². The number of aryl methyl sites for hydroxylation is 1. The lowest BCUT2D eigenvalue weighted by atomic mass is 9.90. The highest BCUT2D eigenvalue weighted by Gasteiger charge is 2.24. The van der Waals surface area contributed by atoms with E-state index in [1.165, 1.54) is 16.6 Å². The summed E-state index contributed by atoms with van der Waals surface area (Å²) in [4.78, 5) is 30.6. The number of ether oxygens (including phenoxy) is 1. The van der Waals surface area contributed by atoms with Crippen LogP contribution in [0.25, 0.3) is 5.69 Å². The first-order chi connectivity index (χ1) is 15.7. The standard InChI is InChI=1S/C23H24N6O3/c30-22(12-19-4-5-20(13-24-19)29-15-25-26-27-29)28-9-7-16(8-10-28)1-2-17-3-6-21-18(11-17)14-32-23(21)31/h3-6,11,13,15-16H,1-2,7-10,12,14H2. The van der Waals surface area contributed by atoms with E-state index in [0.717, 1.165) is 55.7 Å². The minimum Gasteiger partial charge on any atom is -0.457 e. The van der Waals surface area contributed by atoms with Gasteiger partial charge in [-0.25, -0.2) is 4.79 Å². The molecule has 3 aromatic rings. The van der Waals surface area contributed by atoms with Crippen molar-refractivity contribution in [2.45, 2.75) is 38.7 Å². The Labute approximate surface area is 185 Å². The largest absolute Gasteiger partial charge is 0.457 e. The maximum atomic E-state index is 12.7. The molecule has 0 N–H and O–H groups in total. The summed E-state index contributed by atoms with van der Waals surface area (Å²) in [6.07, 6.45) is 7.59. The zero-order valence-electron chi connectivity index (χ0n) is 17.7. The number of cyclic esters (lactones) is 1. The third kappa shape index (κ3) is 4.37. The summed E-state index contributed by atoms with van der Waals surface area (Å²) in [5, 5.41) is 11.1. The number of fused-ring (bicyclic) bond motifs is 1. The van der Waals surface area contributed by atoms with Gasteiger partial charge >= 0.3 is 5.97 Å². The summed E-state index contributed by atoms with van der Waals surface area (Å²) in [7, 11) is 0. The number of esters is 1. The zero-order chi connectivity index (χ0) is 21.9. The van der Waals surface area contributed by atoms with Gasteiger partial charge in [0.2, 0.25) is 5.91 Å². The fourth-order valence-corrected chi connectivity index (χ4v) is 4.39. The molecule has 4 heterocycles. The first-order valence-corrected chi connectivity index (χ1v) is 10.9. The highest BCUT2D eigenvalue weighted by molar-refractivity contribution is 5.93. The van der Waals surface area contributed by atoms with E-state index in [1.54, 1.807) is 6.20 Å². The average Bonchev–Trinajstić information content (AvgIpc) is 3.49. The van der Waals surface area contributed by atoms with Crippen molar-refractivity contribution >= 4 is 11.9 Å². The Morgan fingerprint density at radius 3 is 2.78 bits per heavy atom. The Balaban J connectivity index is 1.08. The number of pyridine rings is 1. The van der Waals surface area contributed by atoms with Gasteiger partial charge in [-0.3, -0.25) is 9.78 Å². The van der Waals surface area contributed by atoms with Crippen LogP contribution >= 0.6 is 0 Å². The molecule has 1 fully saturated rings. The van der Waals surface area contributed by atoms with Gasteiger partial charge in [0.15, 0.2) is 0 Å². The summed E-state index contributed by atoms with van der Waals surface area (Å²) in [5.74, 6) is 0.510. The van der Waals surface area contributed by atoms with Gasteiger partial charge in [-0.2, -0.15) is 4.68 Å². The van der Waals surface area contributed by atoms with E-state index in [4.69, 9.17) is 4.74 Å². The number of tetrazole rings is 1. The molecule has 0 saturated carbocycles. The lowest BCUT2D eigenvalue weighted by Gasteiger charge is -2.32. The van der Waals surface area contributed by atoms with Gasteiger partial charge < -0.3 is 9.64 Å². The first kappa shape index (κ1) is 20.3. The number of piperidine rings is 1. The van der Waals surface area contributed by atoms with Crippen LogP contribution in [-0.4, -0.2) is 55.1 Å².